The first kappa shape index (κ1) is 70.6. The van der Waals surface area contributed by atoms with Crippen LogP contribution in [-0.4, -0.2) is 251 Å². The van der Waals surface area contributed by atoms with Crippen LogP contribution in [0, 0.1) is 17.8 Å². The molecule has 5 unspecified atom stereocenters. The molecule has 17 heterocycles. The van der Waals surface area contributed by atoms with E-state index in [1.165, 1.54) is 77.0 Å². The average Bonchev–Trinajstić information content (AvgIpc) is 1.62. The van der Waals surface area contributed by atoms with Crippen LogP contribution in [0.5, 0.6) is 0 Å². The van der Waals surface area contributed by atoms with Crippen molar-refractivity contribution >= 4 is 120 Å². The predicted molar refractivity (Wildman–Crippen MR) is 336 cm³/mol. The Bertz CT molecular complexity index is 4430. The average molecular weight is 1480 g/mol. The molecule has 17 rings (SSSR count). The number of halogens is 5. The molecule has 10 aromatic heterocycles. The molecular formula is C56H61Cl5N20O18. The largest absolute Gasteiger partial charge is 0.394 e. The van der Waals surface area contributed by atoms with Crippen molar-refractivity contribution in [2.75, 3.05) is 40.0 Å². The van der Waals surface area contributed by atoms with Gasteiger partial charge in [-0.1, -0.05) is 85.7 Å². The lowest BCUT2D eigenvalue weighted by atomic mass is 9.90. The highest BCUT2D eigenvalue weighted by atomic mass is 35.5. The summed E-state index contributed by atoms with van der Waals surface area (Å²) in [6.07, 6.45) is 4.54. The number of hydrogen-bond acceptors (Lipinski definition) is 33. The molecule has 10 aromatic rings. The Morgan fingerprint density at radius 2 is 0.899 bits per heavy atom. The van der Waals surface area contributed by atoms with Crippen LogP contribution >= 0.6 is 58.0 Å². The van der Waals surface area contributed by atoms with Crippen molar-refractivity contribution in [3.8, 4) is 0 Å². The van der Waals surface area contributed by atoms with E-state index >= 15 is 0 Å². The smallest absolute Gasteiger partial charge is 0.261 e. The summed E-state index contributed by atoms with van der Waals surface area (Å²) >= 11 is 29.7. The van der Waals surface area contributed by atoms with Crippen molar-refractivity contribution in [2.45, 2.75) is 132 Å². The van der Waals surface area contributed by atoms with Gasteiger partial charge in [0.15, 0.2) is 78.8 Å². The minimum absolute atomic E-state index is 0.00441. The number of carbonyl (C=O) groups is 1. The van der Waals surface area contributed by atoms with Crippen molar-refractivity contribution in [2.24, 2.45) is 17.8 Å². The van der Waals surface area contributed by atoms with E-state index in [-0.39, 0.29) is 74.8 Å². The van der Waals surface area contributed by atoms with Gasteiger partial charge in [0.25, 0.3) is 11.8 Å². The third-order valence-corrected chi connectivity index (χ3v) is 19.3. The first-order valence-electron chi connectivity index (χ1n) is 30.4. The Kier molecular flexibility index (Phi) is 20.6. The second kappa shape index (κ2) is 28.9. The van der Waals surface area contributed by atoms with Gasteiger partial charge in [-0.25, -0.2) is 74.8 Å². The topological polar surface area (TPSA) is 480 Å². The number of rotatable bonds is 8. The van der Waals surface area contributed by atoms with Crippen LogP contribution in [-0.2, 0) is 59.2 Å². The molecule has 0 saturated carbocycles. The predicted octanol–water partition coefficient (Wildman–Crippen LogP) is 1.15. The van der Waals surface area contributed by atoms with Crippen LogP contribution in [0.1, 0.15) is 52.8 Å². The minimum atomic E-state index is -1.86. The fraction of sp³-hybridized carbons (Fsp3) is 0.536. The molecule has 7 fully saturated rings. The van der Waals surface area contributed by atoms with Crippen LogP contribution in [0.3, 0.4) is 0 Å². The van der Waals surface area contributed by atoms with Crippen molar-refractivity contribution in [3.05, 3.63) is 89.0 Å². The summed E-state index contributed by atoms with van der Waals surface area (Å²) in [6, 6.07) is 0. The standard InChI is InChI=1S/C13H17ClN4O2.C11H11ClN4O4.C11H9ClN4O4.C11H13ClN4O4.C10H11ClN4O4/c1-4-9-7(2)8(3)13(19,20-9)18-6-17-10-11(14)15-5-16-12(10)18;2*12-9-6-10(14-2-13-9)16(3-15-6)11-7(17)8-5(20-11)1-18-4-19-8;1-5-8(18)6(2-17)20-11(5,19)16-4-15-7-9(12)13-3-14-10(7)16;11-8-5-9(13-2-12-8)15(3-14-5)10-7(18)6(17)4(1-16)19-10/h5-9,19H,4H2,1-3H3;2-3,5,7-8,11,17H,1,4H2;2-3,5,8,11H,1,4H2;3-6,8,17-19H,2H2,1H3;2-4,6-7,10,16-18H,1H2/t7?,8-,9+,13+;5-,7+,8?,11-;5-,8?,11-;5-,6+,8?,11+;4-,6?,7+,10-/m01101/s1. The molecular weight excluding hydrogens is 1420 g/mol. The molecule has 43 heteroatoms. The second-order valence-electron chi connectivity index (χ2n) is 23.4. The molecule has 7 aliphatic rings. The van der Waals surface area contributed by atoms with E-state index < -0.39 is 105 Å². The molecule has 0 amide bonds. The van der Waals surface area contributed by atoms with Gasteiger partial charge in [0.1, 0.15) is 134 Å². The first-order chi connectivity index (χ1) is 47.6. The van der Waals surface area contributed by atoms with E-state index in [0.717, 1.165) is 6.42 Å². The molecule has 0 aromatic carbocycles. The van der Waals surface area contributed by atoms with Crippen molar-refractivity contribution in [3.63, 3.8) is 0 Å². The number of nitrogens with zero attached hydrogens (tertiary/aromatic N) is 20. The van der Waals surface area contributed by atoms with Gasteiger partial charge in [0, 0.05) is 5.92 Å². The van der Waals surface area contributed by atoms with E-state index in [2.05, 4.69) is 81.7 Å². The molecule has 8 N–H and O–H groups in total. The van der Waals surface area contributed by atoms with E-state index in [4.69, 9.17) is 106 Å². The van der Waals surface area contributed by atoms with Crippen molar-refractivity contribution in [1.82, 2.24) is 97.6 Å². The molecule has 0 bridgehead atoms. The van der Waals surface area contributed by atoms with Gasteiger partial charge < -0.3 is 83.5 Å². The monoisotopic (exact) mass is 1480 g/mol. The molecule has 99 heavy (non-hydrogen) atoms. The van der Waals surface area contributed by atoms with Gasteiger partial charge >= 0.3 is 0 Å². The van der Waals surface area contributed by atoms with Crippen molar-refractivity contribution in [1.29, 1.82) is 0 Å². The van der Waals surface area contributed by atoms with Crippen LogP contribution < -0.4 is 0 Å². The third-order valence-electron chi connectivity index (χ3n) is 17.9. The van der Waals surface area contributed by atoms with Crippen LogP contribution in [0.25, 0.3) is 55.8 Å². The Hall–Kier alpha value is -6.81. The number of aliphatic hydroxyl groups is 8. The summed E-state index contributed by atoms with van der Waals surface area (Å²) in [6.45, 7) is 7.88. The fourth-order valence-corrected chi connectivity index (χ4v) is 13.3. The quantitative estimate of drug-likeness (QED) is 0.0989. The molecule has 7 aliphatic heterocycles. The Morgan fingerprint density at radius 3 is 1.35 bits per heavy atom. The number of ether oxygens (including phenoxy) is 9. The minimum Gasteiger partial charge on any atom is -0.394 e. The number of Topliss-reactive ketones (excluding diaryl/α,β-unsaturated/α-hetero) is 1. The maximum atomic E-state index is 12.3. The Morgan fingerprint density at radius 1 is 0.475 bits per heavy atom. The summed E-state index contributed by atoms with van der Waals surface area (Å²) < 4.78 is 56.6. The van der Waals surface area contributed by atoms with Gasteiger partial charge in [-0.3, -0.25) is 27.6 Å². The summed E-state index contributed by atoms with van der Waals surface area (Å²) in [4.78, 5) is 72.5. The number of aliphatic hydroxyl groups excluding tert-OH is 6. The van der Waals surface area contributed by atoms with Gasteiger partial charge in [-0.15, -0.1) is 0 Å². The molecule has 19 atom stereocenters. The molecule has 0 spiro atoms. The van der Waals surface area contributed by atoms with Crippen molar-refractivity contribution < 1.29 is 88.3 Å². The summed E-state index contributed by atoms with van der Waals surface area (Å²) in [5.41, 5.74) is 4.16. The highest BCUT2D eigenvalue weighted by Gasteiger charge is 2.55. The van der Waals surface area contributed by atoms with Gasteiger partial charge in [0.05, 0.1) is 63.5 Å². The SMILES string of the molecule is CC[C@H]1O[C@@](O)(n2cnc3c(Cl)ncnc32)[C@@H](C)C1C.C[C@H]1C(O)[C@@H](CO)O[C@@]1(O)n1cnc2c(Cl)ncnc21.O=C1C2OCOC[C@H]2O[C@H]1n1cnc2c(Cl)ncnc21.OC[C@H]1O[C@@H](n2cnc3c(Cl)ncnc32)[C@@H](O)C1O.O[C@H]1C2OCOC[C@H]2O[C@H]1n1cnc2c(Cl)ncnc21. The highest BCUT2D eigenvalue weighted by Crippen LogP contribution is 2.45. The maximum absolute atomic E-state index is 12.3. The number of ketones is 1. The number of carbonyl (C=O) groups excluding carboxylic acids is 1. The van der Waals surface area contributed by atoms with E-state index in [9.17, 15) is 40.5 Å². The molecule has 0 radical (unpaired) electrons. The van der Waals surface area contributed by atoms with Crippen LogP contribution in [0.2, 0.25) is 25.8 Å². The van der Waals surface area contributed by atoms with Crippen LogP contribution in [0.4, 0.5) is 0 Å². The first-order valence-corrected chi connectivity index (χ1v) is 32.3. The second-order valence-corrected chi connectivity index (χ2v) is 25.2. The molecule has 0 aliphatic carbocycles. The number of fused-ring (bicyclic) bond motifs is 7. The van der Waals surface area contributed by atoms with Crippen LogP contribution in [0.15, 0.2) is 63.3 Å². The zero-order valence-corrected chi connectivity index (χ0v) is 55.8. The normalized spacial score (nSPS) is 32.5. The lowest BCUT2D eigenvalue weighted by molar-refractivity contribution is -0.272. The summed E-state index contributed by atoms with van der Waals surface area (Å²) in [5.74, 6) is -4.03. The summed E-state index contributed by atoms with van der Waals surface area (Å²) in [7, 11) is 0. The lowest BCUT2D eigenvalue weighted by Gasteiger charge is -2.28. The Balaban J connectivity index is 0.000000111. The molecule has 7 saturated heterocycles. The lowest BCUT2D eigenvalue weighted by Crippen LogP contribution is -2.41. The van der Waals surface area contributed by atoms with Gasteiger partial charge in [-0.2, -0.15) is 0 Å². The van der Waals surface area contributed by atoms with E-state index in [1.807, 2.05) is 13.8 Å². The Labute approximate surface area is 581 Å². The van der Waals surface area contributed by atoms with Gasteiger partial charge in [-0.05, 0) is 12.3 Å². The zero-order chi connectivity index (χ0) is 69.9. The molecule has 38 nitrogen and oxygen atoms in total. The highest BCUT2D eigenvalue weighted by molar-refractivity contribution is 6.35. The number of hydrogen-bond donors (Lipinski definition) is 8. The third kappa shape index (κ3) is 12.8. The van der Waals surface area contributed by atoms with E-state index in [1.54, 1.807) is 16.1 Å². The number of imidazole rings is 5. The zero-order valence-electron chi connectivity index (χ0n) is 52.0. The fourth-order valence-electron chi connectivity index (χ4n) is 12.4. The van der Waals surface area contributed by atoms with Gasteiger partial charge in [0.2, 0.25) is 5.78 Å². The maximum Gasteiger partial charge on any atom is 0.261 e. The summed E-state index contributed by atoms with van der Waals surface area (Å²) in [5, 5.41) is 81.0. The molecule has 528 valence electrons. The van der Waals surface area contributed by atoms with E-state index in [0.29, 0.717) is 63.4 Å². The number of aromatic nitrogens is 20.